The molecule has 0 aromatic heterocycles. The summed E-state index contributed by atoms with van der Waals surface area (Å²) in [5, 5.41) is 0. The van der Waals surface area contributed by atoms with E-state index in [9.17, 15) is 0 Å². The SMILES string of the molecule is CCN=Cc1c(N)ccc(N)c1N1CCCC1. The molecule has 1 aliphatic rings. The molecule has 92 valence electrons. The Balaban J connectivity index is 2.45. The molecule has 4 heteroatoms. The summed E-state index contributed by atoms with van der Waals surface area (Å²) >= 11 is 0. The molecule has 0 bridgehead atoms. The van der Waals surface area contributed by atoms with E-state index in [0.717, 1.165) is 42.3 Å². The molecule has 1 aliphatic heterocycles. The van der Waals surface area contributed by atoms with Gasteiger partial charge < -0.3 is 16.4 Å². The minimum atomic E-state index is 0.748. The van der Waals surface area contributed by atoms with Crippen molar-refractivity contribution in [1.29, 1.82) is 0 Å². The number of rotatable bonds is 3. The fraction of sp³-hybridized carbons (Fsp3) is 0.462. The lowest BCUT2D eigenvalue weighted by Crippen LogP contribution is -2.21. The third-order valence-corrected chi connectivity index (χ3v) is 3.11. The summed E-state index contributed by atoms with van der Waals surface area (Å²) in [4.78, 5) is 6.60. The first kappa shape index (κ1) is 11.8. The lowest BCUT2D eigenvalue weighted by atomic mass is 10.1. The summed E-state index contributed by atoms with van der Waals surface area (Å²) < 4.78 is 0. The lowest BCUT2D eigenvalue weighted by molar-refractivity contribution is 0.949. The van der Waals surface area contributed by atoms with Gasteiger partial charge in [0.2, 0.25) is 0 Å². The van der Waals surface area contributed by atoms with Crippen molar-refractivity contribution in [2.75, 3.05) is 36.0 Å². The van der Waals surface area contributed by atoms with Crippen LogP contribution in [-0.2, 0) is 0 Å². The van der Waals surface area contributed by atoms with E-state index < -0.39 is 0 Å². The van der Waals surface area contributed by atoms with E-state index in [0.29, 0.717) is 0 Å². The molecule has 0 saturated carbocycles. The average molecular weight is 232 g/mol. The second-order valence-corrected chi connectivity index (χ2v) is 4.33. The largest absolute Gasteiger partial charge is 0.398 e. The molecular weight excluding hydrogens is 212 g/mol. The number of nitrogen functional groups attached to an aromatic ring is 2. The third kappa shape index (κ3) is 2.35. The van der Waals surface area contributed by atoms with Crippen LogP contribution in [0.15, 0.2) is 17.1 Å². The first-order chi connectivity index (χ1) is 8.24. The first-order valence-electron chi connectivity index (χ1n) is 6.16. The fourth-order valence-corrected chi connectivity index (χ4v) is 2.25. The predicted molar refractivity (Wildman–Crippen MR) is 74.8 cm³/mol. The van der Waals surface area contributed by atoms with Gasteiger partial charge in [0.1, 0.15) is 0 Å². The molecule has 0 atom stereocenters. The van der Waals surface area contributed by atoms with Crippen molar-refractivity contribution in [3.63, 3.8) is 0 Å². The van der Waals surface area contributed by atoms with E-state index >= 15 is 0 Å². The molecule has 0 aliphatic carbocycles. The molecule has 0 amide bonds. The minimum Gasteiger partial charge on any atom is -0.398 e. The van der Waals surface area contributed by atoms with Gasteiger partial charge in [-0.25, -0.2) is 0 Å². The van der Waals surface area contributed by atoms with Gasteiger partial charge in [-0.15, -0.1) is 0 Å². The first-order valence-corrected chi connectivity index (χ1v) is 6.16. The highest BCUT2D eigenvalue weighted by Gasteiger charge is 2.19. The third-order valence-electron chi connectivity index (χ3n) is 3.11. The molecule has 1 saturated heterocycles. The molecule has 1 fully saturated rings. The molecule has 4 nitrogen and oxygen atoms in total. The van der Waals surface area contributed by atoms with Crippen LogP contribution in [0.3, 0.4) is 0 Å². The summed E-state index contributed by atoms with van der Waals surface area (Å²) in [5.41, 5.74) is 15.7. The average Bonchev–Trinajstić information content (AvgIpc) is 2.83. The van der Waals surface area contributed by atoms with Gasteiger partial charge in [0.15, 0.2) is 0 Å². The Bertz CT molecular complexity index is 420. The van der Waals surface area contributed by atoms with Crippen LogP contribution in [0.25, 0.3) is 0 Å². The van der Waals surface area contributed by atoms with Gasteiger partial charge in [-0.2, -0.15) is 0 Å². The fourth-order valence-electron chi connectivity index (χ4n) is 2.25. The van der Waals surface area contributed by atoms with Gasteiger partial charge in [0.25, 0.3) is 0 Å². The lowest BCUT2D eigenvalue weighted by Gasteiger charge is -2.23. The topological polar surface area (TPSA) is 67.6 Å². The van der Waals surface area contributed by atoms with Gasteiger partial charge in [-0.05, 0) is 31.9 Å². The van der Waals surface area contributed by atoms with E-state index in [2.05, 4.69) is 9.89 Å². The second kappa shape index (κ2) is 5.08. The van der Waals surface area contributed by atoms with Crippen molar-refractivity contribution in [3.8, 4) is 0 Å². The molecule has 17 heavy (non-hydrogen) atoms. The Morgan fingerprint density at radius 1 is 1.24 bits per heavy atom. The van der Waals surface area contributed by atoms with Crippen molar-refractivity contribution in [2.24, 2.45) is 4.99 Å². The summed E-state index contributed by atoms with van der Waals surface area (Å²) in [6.07, 6.45) is 4.29. The molecule has 2 rings (SSSR count). The van der Waals surface area contributed by atoms with E-state index in [4.69, 9.17) is 11.5 Å². The number of hydrogen-bond acceptors (Lipinski definition) is 4. The molecule has 0 spiro atoms. The van der Waals surface area contributed by atoms with Crippen molar-refractivity contribution in [3.05, 3.63) is 17.7 Å². The molecular formula is C13H20N4. The molecule has 0 radical (unpaired) electrons. The number of anilines is 3. The predicted octanol–water partition coefficient (Wildman–Crippen LogP) is 1.89. The molecule has 1 heterocycles. The highest BCUT2D eigenvalue weighted by Crippen LogP contribution is 2.33. The quantitative estimate of drug-likeness (QED) is 0.617. The molecule has 0 unspecified atom stereocenters. The number of benzene rings is 1. The zero-order valence-corrected chi connectivity index (χ0v) is 10.3. The van der Waals surface area contributed by atoms with Crippen LogP contribution in [0, 0.1) is 0 Å². The van der Waals surface area contributed by atoms with E-state index in [-0.39, 0.29) is 0 Å². The van der Waals surface area contributed by atoms with Gasteiger partial charge in [-0.3, -0.25) is 4.99 Å². The van der Waals surface area contributed by atoms with Crippen LogP contribution in [0.5, 0.6) is 0 Å². The molecule has 4 N–H and O–H groups in total. The summed E-state index contributed by atoms with van der Waals surface area (Å²) in [5.74, 6) is 0. The normalized spacial score (nSPS) is 15.9. The zero-order chi connectivity index (χ0) is 12.3. The summed E-state index contributed by atoms with van der Waals surface area (Å²) in [7, 11) is 0. The van der Waals surface area contributed by atoms with E-state index in [1.807, 2.05) is 25.3 Å². The van der Waals surface area contributed by atoms with Gasteiger partial charge >= 0.3 is 0 Å². The summed E-state index contributed by atoms with van der Waals surface area (Å²) in [6, 6.07) is 3.73. The van der Waals surface area contributed by atoms with Crippen molar-refractivity contribution < 1.29 is 0 Å². The maximum Gasteiger partial charge on any atom is 0.0709 e. The van der Waals surface area contributed by atoms with Crippen molar-refractivity contribution >= 4 is 23.3 Å². The smallest absolute Gasteiger partial charge is 0.0709 e. The van der Waals surface area contributed by atoms with Gasteiger partial charge in [0.05, 0.1) is 11.4 Å². The number of hydrogen-bond donors (Lipinski definition) is 2. The molecule has 1 aromatic rings. The number of nitrogens with zero attached hydrogens (tertiary/aromatic N) is 2. The monoisotopic (exact) mass is 232 g/mol. The van der Waals surface area contributed by atoms with E-state index in [1.54, 1.807) is 0 Å². The maximum atomic E-state index is 6.08. The highest BCUT2D eigenvalue weighted by molar-refractivity contribution is 5.98. The second-order valence-electron chi connectivity index (χ2n) is 4.33. The van der Waals surface area contributed by atoms with Crippen LogP contribution in [-0.4, -0.2) is 25.8 Å². The Kier molecular flexibility index (Phi) is 3.52. The van der Waals surface area contributed by atoms with E-state index in [1.165, 1.54) is 12.8 Å². The minimum absolute atomic E-state index is 0.748. The molecule has 1 aromatic carbocycles. The highest BCUT2D eigenvalue weighted by atomic mass is 15.2. The van der Waals surface area contributed by atoms with Crippen molar-refractivity contribution in [2.45, 2.75) is 19.8 Å². The van der Waals surface area contributed by atoms with Crippen LogP contribution in [0.1, 0.15) is 25.3 Å². The summed E-state index contributed by atoms with van der Waals surface area (Å²) in [6.45, 7) is 4.88. The number of aliphatic imine (C=N–C) groups is 1. The Hall–Kier alpha value is -1.71. The maximum absolute atomic E-state index is 6.08. The Morgan fingerprint density at radius 3 is 2.53 bits per heavy atom. The Labute approximate surface area is 102 Å². The van der Waals surface area contributed by atoms with Gasteiger partial charge in [-0.1, -0.05) is 0 Å². The number of nitrogens with two attached hydrogens (primary N) is 2. The van der Waals surface area contributed by atoms with Crippen molar-refractivity contribution in [1.82, 2.24) is 0 Å². The van der Waals surface area contributed by atoms with Crippen LogP contribution >= 0.6 is 0 Å². The van der Waals surface area contributed by atoms with Crippen LogP contribution in [0.4, 0.5) is 17.1 Å². The standard InChI is InChI=1S/C13H20N4/c1-2-16-9-10-11(14)5-6-12(15)13(10)17-7-3-4-8-17/h5-6,9H,2-4,7-8,14-15H2,1H3. The zero-order valence-electron chi connectivity index (χ0n) is 10.3. The van der Waals surface area contributed by atoms with Crippen LogP contribution < -0.4 is 16.4 Å². The Morgan fingerprint density at radius 2 is 1.88 bits per heavy atom. The van der Waals surface area contributed by atoms with Crippen LogP contribution in [0.2, 0.25) is 0 Å². The van der Waals surface area contributed by atoms with Gasteiger partial charge in [0, 0.05) is 37.1 Å².